The van der Waals surface area contributed by atoms with E-state index in [0.29, 0.717) is 11.7 Å². The Morgan fingerprint density at radius 2 is 1.85 bits per heavy atom. The molecule has 1 aromatic heterocycles. The van der Waals surface area contributed by atoms with E-state index < -0.39 is 0 Å². The molecule has 102 valence electrons. The van der Waals surface area contributed by atoms with Crippen molar-refractivity contribution >= 4 is 16.6 Å². The number of aromatic amines is 1. The van der Waals surface area contributed by atoms with Gasteiger partial charge in [0.05, 0.1) is 5.69 Å². The Morgan fingerprint density at radius 1 is 1.10 bits per heavy atom. The molecule has 3 heteroatoms. The summed E-state index contributed by atoms with van der Waals surface area (Å²) in [4.78, 5) is 0. The first-order valence-electron chi connectivity index (χ1n) is 6.97. The molecule has 3 nitrogen and oxygen atoms in total. The van der Waals surface area contributed by atoms with Crippen LogP contribution in [-0.4, -0.2) is 10.2 Å². The Labute approximate surface area is 118 Å². The highest BCUT2D eigenvalue weighted by Gasteiger charge is 2.14. The average molecular weight is 265 g/mol. The maximum Gasteiger partial charge on any atom is 0.149 e. The number of nitrogens with zero attached hydrogens (tertiary/aromatic N) is 1. The fourth-order valence-corrected chi connectivity index (χ4v) is 2.58. The van der Waals surface area contributed by atoms with E-state index >= 15 is 0 Å². The van der Waals surface area contributed by atoms with Crippen LogP contribution in [0, 0.1) is 5.92 Å². The van der Waals surface area contributed by atoms with Crippen molar-refractivity contribution in [3.05, 3.63) is 48.0 Å². The monoisotopic (exact) mass is 265 g/mol. The van der Waals surface area contributed by atoms with Crippen LogP contribution >= 0.6 is 0 Å². The van der Waals surface area contributed by atoms with Crippen molar-refractivity contribution in [2.75, 3.05) is 5.73 Å². The molecule has 0 amide bonds. The third kappa shape index (κ3) is 2.27. The highest BCUT2D eigenvalue weighted by Crippen LogP contribution is 2.29. The van der Waals surface area contributed by atoms with Gasteiger partial charge in [-0.15, -0.1) is 0 Å². The second-order valence-corrected chi connectivity index (χ2v) is 5.62. The maximum atomic E-state index is 6.00. The molecule has 3 rings (SSSR count). The quantitative estimate of drug-likeness (QED) is 0.751. The van der Waals surface area contributed by atoms with E-state index in [-0.39, 0.29) is 0 Å². The lowest BCUT2D eigenvalue weighted by atomic mass is 9.97. The van der Waals surface area contributed by atoms with Crippen LogP contribution in [0.15, 0.2) is 42.5 Å². The smallest absolute Gasteiger partial charge is 0.149 e. The molecule has 0 spiro atoms. The van der Waals surface area contributed by atoms with Gasteiger partial charge < -0.3 is 5.73 Å². The topological polar surface area (TPSA) is 54.7 Å². The van der Waals surface area contributed by atoms with E-state index in [1.807, 2.05) is 0 Å². The molecule has 1 heterocycles. The zero-order valence-corrected chi connectivity index (χ0v) is 11.9. The van der Waals surface area contributed by atoms with E-state index in [1.165, 1.54) is 10.8 Å². The molecule has 0 aliphatic carbocycles. The third-order valence-corrected chi connectivity index (χ3v) is 3.55. The van der Waals surface area contributed by atoms with Crippen molar-refractivity contribution in [1.82, 2.24) is 10.2 Å². The fraction of sp³-hybridized carbons (Fsp3) is 0.235. The van der Waals surface area contributed by atoms with Gasteiger partial charge in [-0.2, -0.15) is 5.10 Å². The highest BCUT2D eigenvalue weighted by atomic mass is 15.2. The third-order valence-electron chi connectivity index (χ3n) is 3.55. The summed E-state index contributed by atoms with van der Waals surface area (Å²) >= 11 is 0. The molecule has 0 aliphatic heterocycles. The number of rotatable bonds is 3. The zero-order valence-electron chi connectivity index (χ0n) is 11.9. The lowest BCUT2D eigenvalue weighted by Gasteiger charge is -2.08. The normalized spacial score (nSPS) is 11.3. The van der Waals surface area contributed by atoms with Crippen LogP contribution < -0.4 is 5.73 Å². The number of nitrogens with two attached hydrogens (primary N) is 1. The Bertz CT molecular complexity index is 741. The molecule has 3 N–H and O–H groups in total. The summed E-state index contributed by atoms with van der Waals surface area (Å²) in [5.41, 5.74) is 9.30. The number of anilines is 1. The van der Waals surface area contributed by atoms with Gasteiger partial charge in [-0.3, -0.25) is 5.10 Å². The molecule has 0 unspecified atom stereocenters. The number of benzene rings is 2. The Kier molecular flexibility index (Phi) is 3.18. The van der Waals surface area contributed by atoms with Crippen molar-refractivity contribution < 1.29 is 0 Å². The van der Waals surface area contributed by atoms with E-state index in [9.17, 15) is 0 Å². The van der Waals surface area contributed by atoms with Crippen molar-refractivity contribution in [2.45, 2.75) is 20.3 Å². The van der Waals surface area contributed by atoms with Crippen LogP contribution in [0.1, 0.15) is 19.4 Å². The summed E-state index contributed by atoms with van der Waals surface area (Å²) in [6.07, 6.45) is 0.935. The largest absolute Gasteiger partial charge is 0.382 e. The van der Waals surface area contributed by atoms with Gasteiger partial charge in [-0.05, 0) is 29.2 Å². The summed E-state index contributed by atoms with van der Waals surface area (Å²) in [5.74, 6) is 1.16. The van der Waals surface area contributed by atoms with Crippen molar-refractivity contribution in [3.8, 4) is 11.3 Å². The molecule has 2 aromatic carbocycles. The van der Waals surface area contributed by atoms with Gasteiger partial charge in [-0.1, -0.05) is 50.2 Å². The van der Waals surface area contributed by atoms with Crippen LogP contribution in [0.3, 0.4) is 0 Å². The predicted octanol–water partition coefficient (Wildman–Crippen LogP) is 4.01. The number of aromatic nitrogens is 2. The lowest BCUT2D eigenvalue weighted by Crippen LogP contribution is -1.99. The minimum absolute atomic E-state index is 0.550. The molecule has 0 saturated heterocycles. The van der Waals surface area contributed by atoms with Gasteiger partial charge >= 0.3 is 0 Å². The second-order valence-electron chi connectivity index (χ2n) is 5.62. The predicted molar refractivity (Wildman–Crippen MR) is 84.5 cm³/mol. The molecule has 0 radical (unpaired) electrons. The molecular weight excluding hydrogens is 246 g/mol. The fourth-order valence-electron chi connectivity index (χ4n) is 2.58. The van der Waals surface area contributed by atoms with Gasteiger partial charge in [0, 0.05) is 11.1 Å². The first-order valence-corrected chi connectivity index (χ1v) is 6.97. The van der Waals surface area contributed by atoms with E-state index in [4.69, 9.17) is 5.73 Å². The summed E-state index contributed by atoms with van der Waals surface area (Å²) in [6, 6.07) is 14.8. The minimum Gasteiger partial charge on any atom is -0.382 e. The average Bonchev–Trinajstić information content (AvgIpc) is 2.79. The number of nitrogens with one attached hydrogen (secondary N) is 1. The van der Waals surface area contributed by atoms with Gasteiger partial charge in [0.2, 0.25) is 0 Å². The van der Waals surface area contributed by atoms with Gasteiger partial charge in [0.15, 0.2) is 0 Å². The molecule has 0 bridgehead atoms. The summed E-state index contributed by atoms with van der Waals surface area (Å²) in [6.45, 7) is 4.38. The van der Waals surface area contributed by atoms with Crippen LogP contribution in [-0.2, 0) is 6.42 Å². The van der Waals surface area contributed by atoms with E-state index in [0.717, 1.165) is 23.2 Å². The standard InChI is InChI=1S/C17H19N3/c1-11(2)9-15-16(19-20-17(15)18)14-8-7-12-5-3-4-6-13(12)10-14/h3-8,10-11H,9H2,1-2H3,(H3,18,19,20). The van der Waals surface area contributed by atoms with E-state index in [2.05, 4.69) is 66.5 Å². The Balaban J connectivity index is 2.11. The van der Waals surface area contributed by atoms with Gasteiger partial charge in [0.25, 0.3) is 0 Å². The van der Waals surface area contributed by atoms with Crippen molar-refractivity contribution in [1.29, 1.82) is 0 Å². The Morgan fingerprint density at radius 3 is 2.60 bits per heavy atom. The van der Waals surface area contributed by atoms with Crippen molar-refractivity contribution in [2.24, 2.45) is 5.92 Å². The van der Waals surface area contributed by atoms with Gasteiger partial charge in [0.1, 0.15) is 5.82 Å². The number of H-pyrrole nitrogens is 1. The number of nitrogen functional groups attached to an aromatic ring is 1. The zero-order chi connectivity index (χ0) is 14.1. The van der Waals surface area contributed by atoms with Gasteiger partial charge in [-0.25, -0.2) is 0 Å². The van der Waals surface area contributed by atoms with Crippen LogP contribution in [0.5, 0.6) is 0 Å². The summed E-state index contributed by atoms with van der Waals surface area (Å²) in [7, 11) is 0. The lowest BCUT2D eigenvalue weighted by molar-refractivity contribution is 0.649. The van der Waals surface area contributed by atoms with Crippen molar-refractivity contribution in [3.63, 3.8) is 0 Å². The summed E-state index contributed by atoms with van der Waals surface area (Å²) < 4.78 is 0. The molecule has 0 aliphatic rings. The number of hydrogen-bond acceptors (Lipinski definition) is 2. The first-order chi connectivity index (χ1) is 9.65. The number of fused-ring (bicyclic) bond motifs is 1. The Hall–Kier alpha value is -2.29. The molecule has 20 heavy (non-hydrogen) atoms. The number of hydrogen-bond donors (Lipinski definition) is 2. The second kappa shape index (κ2) is 5.00. The molecular formula is C17H19N3. The van der Waals surface area contributed by atoms with Crippen LogP contribution in [0.25, 0.3) is 22.0 Å². The van der Waals surface area contributed by atoms with E-state index in [1.54, 1.807) is 0 Å². The first kappa shape index (κ1) is 12.7. The highest BCUT2D eigenvalue weighted by molar-refractivity contribution is 5.87. The molecule has 0 atom stereocenters. The molecule has 0 fully saturated rings. The minimum atomic E-state index is 0.550. The molecule has 0 saturated carbocycles. The molecule has 3 aromatic rings. The van der Waals surface area contributed by atoms with Crippen LogP contribution in [0.4, 0.5) is 5.82 Å². The van der Waals surface area contributed by atoms with Crippen LogP contribution in [0.2, 0.25) is 0 Å². The SMILES string of the molecule is CC(C)Cc1c(N)n[nH]c1-c1ccc2ccccc2c1. The summed E-state index contributed by atoms with van der Waals surface area (Å²) in [5, 5.41) is 9.74. The maximum absolute atomic E-state index is 6.00.